The number of amides is 3. The predicted octanol–water partition coefficient (Wildman–Crippen LogP) is 2.52. The third-order valence-corrected chi connectivity index (χ3v) is 3.83. The summed E-state index contributed by atoms with van der Waals surface area (Å²) < 4.78 is 5.25. The van der Waals surface area contributed by atoms with E-state index in [9.17, 15) is 9.59 Å². The quantitative estimate of drug-likeness (QED) is 0.795. The number of imide groups is 1. The summed E-state index contributed by atoms with van der Waals surface area (Å²) in [5.74, 6) is 0.405. The van der Waals surface area contributed by atoms with Crippen LogP contribution in [-0.2, 0) is 4.79 Å². The van der Waals surface area contributed by atoms with Crippen molar-refractivity contribution in [1.82, 2.24) is 10.1 Å². The smallest absolute Gasteiger partial charge is 0.333 e. The van der Waals surface area contributed by atoms with Gasteiger partial charge < -0.3 is 9.42 Å². The van der Waals surface area contributed by atoms with Crippen molar-refractivity contribution in [2.24, 2.45) is 0 Å². The van der Waals surface area contributed by atoms with Gasteiger partial charge in [-0.2, -0.15) is 0 Å². The average molecular weight is 285 g/mol. The Kier molecular flexibility index (Phi) is 2.83. The van der Waals surface area contributed by atoms with Crippen LogP contribution in [0.25, 0.3) is 11.3 Å². The molecule has 3 amide bonds. The fraction of sp³-hybridized carbons (Fsp3) is 0.267. The van der Waals surface area contributed by atoms with Gasteiger partial charge in [-0.15, -0.1) is 0 Å². The Bertz CT molecular complexity index is 706. The van der Waals surface area contributed by atoms with Crippen LogP contribution in [0.2, 0.25) is 0 Å². The van der Waals surface area contributed by atoms with Gasteiger partial charge in [-0.25, -0.2) is 9.69 Å². The maximum Gasteiger partial charge on any atom is 0.333 e. The Morgan fingerprint density at radius 1 is 1.14 bits per heavy atom. The molecule has 1 saturated heterocycles. The van der Waals surface area contributed by atoms with E-state index in [1.54, 1.807) is 27.0 Å². The molecule has 1 aliphatic rings. The van der Waals surface area contributed by atoms with Gasteiger partial charge in [0.05, 0.1) is 0 Å². The van der Waals surface area contributed by atoms with Crippen LogP contribution >= 0.6 is 0 Å². The van der Waals surface area contributed by atoms with Crippen molar-refractivity contribution in [3.05, 3.63) is 36.4 Å². The molecule has 0 saturated carbocycles. The molecule has 1 fully saturated rings. The Balaban J connectivity index is 1.98. The van der Waals surface area contributed by atoms with E-state index in [2.05, 4.69) is 5.16 Å². The molecule has 2 aromatic rings. The van der Waals surface area contributed by atoms with E-state index in [0.29, 0.717) is 5.76 Å². The minimum absolute atomic E-state index is 0.210. The molecule has 21 heavy (non-hydrogen) atoms. The Morgan fingerprint density at radius 2 is 1.81 bits per heavy atom. The van der Waals surface area contributed by atoms with Gasteiger partial charge in [0.2, 0.25) is 0 Å². The fourth-order valence-corrected chi connectivity index (χ4v) is 2.20. The van der Waals surface area contributed by atoms with Crippen LogP contribution in [-0.4, -0.2) is 34.6 Å². The van der Waals surface area contributed by atoms with Crippen LogP contribution in [0.3, 0.4) is 0 Å². The molecule has 0 atom stereocenters. The lowest BCUT2D eigenvalue weighted by Gasteiger charge is -2.22. The lowest BCUT2D eigenvalue weighted by atomic mass is 10.1. The third-order valence-electron chi connectivity index (χ3n) is 3.83. The molecular weight excluding hydrogens is 270 g/mol. The highest BCUT2D eigenvalue weighted by Gasteiger charge is 2.51. The summed E-state index contributed by atoms with van der Waals surface area (Å²) in [5, 5.41) is 3.86. The number of urea groups is 1. The third kappa shape index (κ3) is 1.91. The number of hydrogen-bond donors (Lipinski definition) is 0. The van der Waals surface area contributed by atoms with Crippen LogP contribution in [0.5, 0.6) is 0 Å². The molecule has 0 unspecified atom stereocenters. The molecule has 0 spiro atoms. The molecule has 0 radical (unpaired) electrons. The SMILES string of the molecule is CN1C(=O)N(c2cc(-c3ccccc3)on2)C(=O)C1(C)C. The normalized spacial score (nSPS) is 17.7. The van der Waals surface area contributed by atoms with Crippen molar-refractivity contribution in [2.45, 2.75) is 19.4 Å². The monoisotopic (exact) mass is 285 g/mol. The van der Waals surface area contributed by atoms with Crippen LogP contribution < -0.4 is 4.90 Å². The van der Waals surface area contributed by atoms with Gasteiger partial charge in [0, 0.05) is 18.7 Å². The Morgan fingerprint density at radius 3 is 2.38 bits per heavy atom. The second kappa shape index (κ2) is 4.44. The van der Waals surface area contributed by atoms with E-state index in [-0.39, 0.29) is 11.7 Å². The largest absolute Gasteiger partial charge is 0.354 e. The predicted molar refractivity (Wildman–Crippen MR) is 76.7 cm³/mol. The first kappa shape index (κ1) is 13.4. The molecule has 1 aromatic heterocycles. The number of hydrogen-bond acceptors (Lipinski definition) is 4. The van der Waals surface area contributed by atoms with Crippen molar-refractivity contribution in [2.75, 3.05) is 11.9 Å². The highest BCUT2D eigenvalue weighted by Crippen LogP contribution is 2.32. The van der Waals surface area contributed by atoms with Crippen LogP contribution in [0.4, 0.5) is 10.6 Å². The summed E-state index contributed by atoms with van der Waals surface area (Å²) in [6.07, 6.45) is 0. The van der Waals surface area contributed by atoms with Crippen molar-refractivity contribution in [3.63, 3.8) is 0 Å². The zero-order valence-electron chi connectivity index (χ0n) is 12.0. The molecule has 108 valence electrons. The first-order chi connectivity index (χ1) is 9.93. The molecule has 3 rings (SSSR count). The van der Waals surface area contributed by atoms with Crippen molar-refractivity contribution >= 4 is 17.8 Å². The number of benzene rings is 1. The number of likely N-dealkylation sites (N-methyl/N-ethyl adjacent to an activating group) is 1. The molecule has 1 aliphatic heterocycles. The molecule has 2 heterocycles. The minimum Gasteiger partial charge on any atom is -0.354 e. The second-order valence-electron chi connectivity index (χ2n) is 5.46. The lowest BCUT2D eigenvalue weighted by Crippen LogP contribution is -2.41. The molecule has 0 aliphatic carbocycles. The summed E-state index contributed by atoms with van der Waals surface area (Å²) in [6.45, 7) is 3.40. The number of carbonyl (C=O) groups excluding carboxylic acids is 2. The minimum atomic E-state index is -0.886. The first-order valence-corrected chi connectivity index (χ1v) is 6.57. The van der Waals surface area contributed by atoms with Gasteiger partial charge in [0.1, 0.15) is 5.54 Å². The van der Waals surface area contributed by atoms with Crippen LogP contribution in [0, 0.1) is 0 Å². The van der Waals surface area contributed by atoms with E-state index in [1.807, 2.05) is 30.3 Å². The highest BCUT2D eigenvalue weighted by molar-refractivity contribution is 6.22. The molecule has 0 N–H and O–H groups in total. The molecule has 6 nitrogen and oxygen atoms in total. The number of rotatable bonds is 2. The summed E-state index contributed by atoms with van der Waals surface area (Å²) >= 11 is 0. The van der Waals surface area contributed by atoms with E-state index in [1.165, 1.54) is 4.90 Å². The van der Waals surface area contributed by atoms with Gasteiger partial charge >= 0.3 is 6.03 Å². The first-order valence-electron chi connectivity index (χ1n) is 6.57. The van der Waals surface area contributed by atoms with Crippen molar-refractivity contribution < 1.29 is 14.1 Å². The van der Waals surface area contributed by atoms with Crippen molar-refractivity contribution in [3.8, 4) is 11.3 Å². The zero-order valence-corrected chi connectivity index (χ0v) is 12.0. The summed E-state index contributed by atoms with van der Waals surface area (Å²) in [7, 11) is 1.60. The highest BCUT2D eigenvalue weighted by atomic mass is 16.5. The number of nitrogens with zero attached hydrogens (tertiary/aromatic N) is 3. The Labute approximate surface area is 121 Å². The van der Waals surface area contributed by atoms with Gasteiger partial charge in [0.15, 0.2) is 11.6 Å². The van der Waals surface area contributed by atoms with Gasteiger partial charge in [-0.3, -0.25) is 4.79 Å². The topological polar surface area (TPSA) is 66.7 Å². The van der Waals surface area contributed by atoms with Crippen LogP contribution in [0.15, 0.2) is 40.9 Å². The maximum atomic E-state index is 12.4. The maximum absolute atomic E-state index is 12.4. The second-order valence-corrected chi connectivity index (χ2v) is 5.46. The summed E-state index contributed by atoms with van der Waals surface area (Å²) in [6, 6.07) is 10.6. The lowest BCUT2D eigenvalue weighted by molar-refractivity contribution is -0.123. The Hall–Kier alpha value is -2.63. The molecule has 6 heteroatoms. The van der Waals surface area contributed by atoms with E-state index in [4.69, 9.17) is 4.52 Å². The number of carbonyl (C=O) groups is 2. The van der Waals surface area contributed by atoms with E-state index >= 15 is 0 Å². The zero-order chi connectivity index (χ0) is 15.2. The standard InChI is InChI=1S/C15H15N3O3/c1-15(2)13(19)18(14(20)17(15)3)12-9-11(21-16-12)10-7-5-4-6-8-10/h4-9H,1-3H3. The number of anilines is 1. The molecule has 1 aromatic carbocycles. The van der Waals surface area contributed by atoms with E-state index < -0.39 is 11.6 Å². The average Bonchev–Trinajstić information content (AvgIpc) is 3.01. The van der Waals surface area contributed by atoms with Gasteiger partial charge in [-0.1, -0.05) is 35.5 Å². The van der Waals surface area contributed by atoms with Gasteiger partial charge in [-0.05, 0) is 13.8 Å². The molecule has 0 bridgehead atoms. The van der Waals surface area contributed by atoms with Crippen molar-refractivity contribution in [1.29, 1.82) is 0 Å². The van der Waals surface area contributed by atoms with E-state index in [0.717, 1.165) is 10.5 Å². The summed E-state index contributed by atoms with van der Waals surface area (Å²) in [4.78, 5) is 27.0. The summed E-state index contributed by atoms with van der Waals surface area (Å²) in [5.41, 5.74) is -0.0499. The fourth-order valence-electron chi connectivity index (χ4n) is 2.20. The molecular formula is C15H15N3O3. The number of aromatic nitrogens is 1. The van der Waals surface area contributed by atoms with Gasteiger partial charge in [0.25, 0.3) is 5.91 Å². The van der Waals surface area contributed by atoms with Crippen LogP contribution in [0.1, 0.15) is 13.8 Å².